The van der Waals surface area contributed by atoms with Crippen molar-refractivity contribution in [2.45, 2.75) is 19.3 Å². The van der Waals surface area contributed by atoms with E-state index in [4.69, 9.17) is 0 Å². The zero-order chi connectivity index (χ0) is 17.9. The Bertz CT molecular complexity index is 621. The standard InChI is InChI=1S/3C4H4N2O2.3Na/c3*7-4(8)3-1-2-5-6-3;;;/h3*2H,1H2,(H,7,8);;;/q;;;3*+1/p-3. The molecule has 3 aliphatic rings. The summed E-state index contributed by atoms with van der Waals surface area (Å²) in [6, 6.07) is 0. The van der Waals surface area contributed by atoms with Crippen molar-refractivity contribution in [3.63, 3.8) is 0 Å². The molecule has 0 radical (unpaired) electrons. The van der Waals surface area contributed by atoms with E-state index in [2.05, 4.69) is 30.6 Å². The second-order valence-corrected chi connectivity index (χ2v) is 4.01. The van der Waals surface area contributed by atoms with Gasteiger partial charge in [-0.1, -0.05) is 0 Å². The van der Waals surface area contributed by atoms with E-state index in [9.17, 15) is 29.7 Å². The van der Waals surface area contributed by atoms with Crippen LogP contribution in [0.3, 0.4) is 0 Å². The monoisotopic (exact) mass is 402 g/mol. The quantitative estimate of drug-likeness (QED) is 0.420. The fraction of sp³-hybridized carbons (Fsp3) is 0.250. The summed E-state index contributed by atoms with van der Waals surface area (Å²) in [5, 5.41) is 49.4. The summed E-state index contributed by atoms with van der Waals surface area (Å²) >= 11 is 0. The average molecular weight is 402 g/mol. The molecule has 0 unspecified atom stereocenters. The van der Waals surface area contributed by atoms with Crippen LogP contribution in [-0.2, 0) is 14.4 Å². The summed E-state index contributed by atoms with van der Waals surface area (Å²) in [6.45, 7) is 0. The van der Waals surface area contributed by atoms with Gasteiger partial charge in [-0.3, -0.25) is 0 Å². The molecule has 0 aliphatic carbocycles. The van der Waals surface area contributed by atoms with Crippen LogP contribution >= 0.6 is 0 Å². The van der Waals surface area contributed by atoms with Crippen molar-refractivity contribution in [1.29, 1.82) is 0 Å². The Hall–Kier alpha value is -0.570. The third kappa shape index (κ3) is 13.3. The Kier molecular flexibility index (Phi) is 20.2. The van der Waals surface area contributed by atoms with Crippen LogP contribution in [0.2, 0.25) is 0 Å². The van der Waals surface area contributed by atoms with E-state index < -0.39 is 17.9 Å². The number of carbonyl (C=O) groups excluding carboxylic acids is 3. The Morgan fingerprint density at radius 3 is 0.889 bits per heavy atom. The van der Waals surface area contributed by atoms with Crippen LogP contribution < -0.4 is 104 Å². The molecule has 3 heterocycles. The molecule has 0 spiro atoms. The minimum Gasteiger partial charge on any atom is -0.543 e. The van der Waals surface area contributed by atoms with Crippen LogP contribution in [0.1, 0.15) is 19.3 Å². The number of nitrogens with zero attached hydrogens (tertiary/aromatic N) is 6. The Morgan fingerprint density at radius 2 is 0.815 bits per heavy atom. The zero-order valence-corrected chi connectivity index (χ0v) is 21.0. The number of carboxylic acid groups (broad SMARTS) is 3. The summed E-state index contributed by atoms with van der Waals surface area (Å²) in [5.74, 6) is -3.70. The maximum Gasteiger partial charge on any atom is 1.00 e. The summed E-state index contributed by atoms with van der Waals surface area (Å²) in [5.41, 5.74) is 0.0139. The van der Waals surface area contributed by atoms with Crippen LogP contribution in [-0.4, -0.2) is 53.7 Å². The number of rotatable bonds is 3. The molecule has 0 aromatic rings. The van der Waals surface area contributed by atoms with Crippen LogP contribution in [0.4, 0.5) is 0 Å². The summed E-state index contributed by atoms with van der Waals surface area (Å²) in [4.78, 5) is 29.6. The summed E-state index contributed by atoms with van der Waals surface area (Å²) in [7, 11) is 0. The molecule has 0 N–H and O–H groups in total. The first kappa shape index (κ1) is 31.1. The van der Waals surface area contributed by atoms with E-state index in [1.807, 2.05) is 0 Å². The fourth-order valence-electron chi connectivity index (χ4n) is 1.21. The van der Waals surface area contributed by atoms with Crippen molar-refractivity contribution >= 4 is 53.7 Å². The van der Waals surface area contributed by atoms with E-state index in [1.165, 1.54) is 18.6 Å². The van der Waals surface area contributed by atoms with Crippen molar-refractivity contribution in [2.24, 2.45) is 30.6 Å². The minimum atomic E-state index is -1.23. The van der Waals surface area contributed by atoms with Crippen molar-refractivity contribution < 1.29 is 118 Å². The largest absolute Gasteiger partial charge is 1.00 e. The van der Waals surface area contributed by atoms with Gasteiger partial charge in [-0.15, -0.1) is 0 Å². The van der Waals surface area contributed by atoms with Gasteiger partial charge >= 0.3 is 88.7 Å². The molecule has 0 saturated heterocycles. The summed E-state index contributed by atoms with van der Waals surface area (Å²) < 4.78 is 0. The first-order valence-electron chi connectivity index (χ1n) is 6.31. The minimum absolute atomic E-state index is 0. The molecule has 0 amide bonds. The van der Waals surface area contributed by atoms with Crippen molar-refractivity contribution in [3.05, 3.63) is 0 Å². The maximum atomic E-state index is 9.88. The van der Waals surface area contributed by atoms with Gasteiger partial charge in [-0.2, -0.15) is 30.6 Å². The number of aliphatic carboxylic acids is 3. The van der Waals surface area contributed by atoms with Gasteiger partial charge < -0.3 is 29.7 Å². The Balaban J connectivity index is -0.000000303. The maximum absolute atomic E-state index is 9.88. The molecule has 126 valence electrons. The molecule has 3 rings (SSSR count). The summed E-state index contributed by atoms with van der Waals surface area (Å²) in [6.07, 6.45) is 5.15. The molecule has 0 saturated carbocycles. The molecule has 12 nitrogen and oxygen atoms in total. The second-order valence-electron chi connectivity index (χ2n) is 4.01. The SMILES string of the molecule is O=C([O-])C1=NN=CC1.O=C([O-])C1=NN=CC1.O=C([O-])C1=NN=CC1.[Na+].[Na+].[Na+]. The number of hydrogen-bond acceptors (Lipinski definition) is 12. The van der Waals surface area contributed by atoms with Crippen LogP contribution in [0, 0.1) is 0 Å². The van der Waals surface area contributed by atoms with Crippen LogP contribution in [0.15, 0.2) is 30.6 Å². The normalized spacial score (nSPS) is 14.4. The third-order valence-corrected chi connectivity index (χ3v) is 2.34. The first-order chi connectivity index (χ1) is 11.4. The van der Waals surface area contributed by atoms with Crippen molar-refractivity contribution in [1.82, 2.24) is 0 Å². The van der Waals surface area contributed by atoms with E-state index in [0.717, 1.165) is 0 Å². The molecule has 0 fully saturated rings. The molecular weight excluding hydrogens is 393 g/mol. The Morgan fingerprint density at radius 1 is 0.593 bits per heavy atom. The van der Waals surface area contributed by atoms with E-state index in [0.29, 0.717) is 19.3 Å². The number of hydrogen-bond donors (Lipinski definition) is 0. The molecule has 3 aliphatic heterocycles. The zero-order valence-electron chi connectivity index (χ0n) is 15.0. The van der Waals surface area contributed by atoms with Gasteiger partial charge in [-0.05, 0) is 0 Å². The van der Waals surface area contributed by atoms with Gasteiger partial charge in [0.15, 0.2) is 0 Å². The smallest absolute Gasteiger partial charge is 0.543 e. The molecule has 0 atom stereocenters. The predicted octanol–water partition coefficient (Wildman–Crippen LogP) is -13.3. The van der Waals surface area contributed by atoms with E-state index in [-0.39, 0.29) is 106 Å². The molecule has 27 heavy (non-hydrogen) atoms. The van der Waals surface area contributed by atoms with E-state index >= 15 is 0 Å². The van der Waals surface area contributed by atoms with Crippen LogP contribution in [0.5, 0.6) is 0 Å². The van der Waals surface area contributed by atoms with Crippen LogP contribution in [0.25, 0.3) is 0 Å². The molecular formula is C12H9N6Na3O6. The van der Waals surface area contributed by atoms with Gasteiger partial charge in [-0.25, -0.2) is 0 Å². The molecule has 0 bridgehead atoms. The molecule has 0 aromatic carbocycles. The van der Waals surface area contributed by atoms with E-state index in [1.54, 1.807) is 0 Å². The average Bonchev–Trinajstić information content (AvgIpc) is 3.29. The van der Waals surface area contributed by atoms with Gasteiger partial charge in [0.2, 0.25) is 0 Å². The second kappa shape index (κ2) is 17.5. The predicted molar refractivity (Wildman–Crippen MR) is 76.7 cm³/mol. The van der Waals surface area contributed by atoms with Crippen molar-refractivity contribution in [3.8, 4) is 0 Å². The Labute approximate surface area is 219 Å². The molecule has 0 aromatic heterocycles. The van der Waals surface area contributed by atoms with Gasteiger partial charge in [0, 0.05) is 37.9 Å². The van der Waals surface area contributed by atoms with Gasteiger partial charge in [0.1, 0.15) is 0 Å². The van der Waals surface area contributed by atoms with Gasteiger partial charge in [0.25, 0.3) is 0 Å². The molecule has 15 heteroatoms. The third-order valence-electron chi connectivity index (χ3n) is 2.34. The first-order valence-corrected chi connectivity index (χ1v) is 6.31. The number of carboxylic acids is 3. The fourth-order valence-corrected chi connectivity index (χ4v) is 1.21. The topological polar surface area (TPSA) is 195 Å². The number of carbonyl (C=O) groups is 3. The van der Waals surface area contributed by atoms with Crippen molar-refractivity contribution in [2.75, 3.05) is 0 Å². The van der Waals surface area contributed by atoms with Gasteiger partial charge in [0.05, 0.1) is 35.0 Å².